The van der Waals surface area contributed by atoms with Gasteiger partial charge in [-0.1, -0.05) is 0 Å². The number of rotatable bonds is 7. The van der Waals surface area contributed by atoms with Gasteiger partial charge in [0.15, 0.2) is 0 Å². The molecule has 0 aliphatic carbocycles. The maximum Gasteiger partial charge on any atom is 0.433 e. The van der Waals surface area contributed by atoms with Crippen LogP contribution < -0.4 is 15.0 Å². The van der Waals surface area contributed by atoms with E-state index in [9.17, 15) is 13.2 Å². The fourth-order valence-electron chi connectivity index (χ4n) is 4.15. The summed E-state index contributed by atoms with van der Waals surface area (Å²) in [7, 11) is 1.58. The summed E-state index contributed by atoms with van der Waals surface area (Å²) < 4.78 is 45.3. The van der Waals surface area contributed by atoms with Gasteiger partial charge < -0.3 is 15.0 Å². The molecule has 5 rings (SSSR count). The third kappa shape index (κ3) is 6.03. The molecule has 196 valence electrons. The van der Waals surface area contributed by atoms with Crippen LogP contribution in [-0.2, 0) is 6.18 Å². The summed E-state index contributed by atoms with van der Waals surface area (Å²) in [6.07, 6.45) is -1.24. The number of pyridine rings is 2. The van der Waals surface area contributed by atoms with Crippen LogP contribution in [0.15, 0.2) is 47.4 Å². The van der Waals surface area contributed by atoms with Crippen LogP contribution >= 0.6 is 23.7 Å². The molecular formula is C24H25ClF3N7OS. The second kappa shape index (κ2) is 11.4. The summed E-state index contributed by atoms with van der Waals surface area (Å²) in [5.41, 5.74) is 0.752. The van der Waals surface area contributed by atoms with Crippen molar-refractivity contribution in [2.75, 3.05) is 56.6 Å². The molecule has 0 spiro atoms. The molecule has 1 aliphatic rings. The molecule has 0 bridgehead atoms. The maximum absolute atomic E-state index is 13.4. The van der Waals surface area contributed by atoms with Gasteiger partial charge in [0, 0.05) is 68.7 Å². The van der Waals surface area contributed by atoms with E-state index in [4.69, 9.17) is 4.74 Å². The first-order chi connectivity index (χ1) is 17.4. The van der Waals surface area contributed by atoms with Crippen molar-refractivity contribution in [3.8, 4) is 17.0 Å². The van der Waals surface area contributed by atoms with Crippen LogP contribution in [0.25, 0.3) is 22.0 Å². The fourth-order valence-corrected chi connectivity index (χ4v) is 4.80. The van der Waals surface area contributed by atoms with Gasteiger partial charge in [-0.15, -0.1) is 12.4 Å². The first kappa shape index (κ1) is 26.8. The Hall–Kier alpha value is -3.22. The Kier molecular flexibility index (Phi) is 8.30. The van der Waals surface area contributed by atoms with E-state index < -0.39 is 11.9 Å². The predicted molar refractivity (Wildman–Crippen MR) is 141 cm³/mol. The van der Waals surface area contributed by atoms with Gasteiger partial charge in [0.1, 0.15) is 11.5 Å². The van der Waals surface area contributed by atoms with Crippen molar-refractivity contribution >= 4 is 46.4 Å². The van der Waals surface area contributed by atoms with E-state index in [1.54, 1.807) is 25.6 Å². The highest BCUT2D eigenvalue weighted by atomic mass is 35.5. The lowest BCUT2D eigenvalue weighted by Crippen LogP contribution is -2.48. The second-order valence-corrected chi connectivity index (χ2v) is 9.06. The summed E-state index contributed by atoms with van der Waals surface area (Å²) >= 11 is 1.47. The van der Waals surface area contributed by atoms with Crippen LogP contribution in [0.4, 0.5) is 24.9 Å². The number of hydrogen-bond donors (Lipinski definition) is 1. The Labute approximate surface area is 221 Å². The molecule has 1 fully saturated rings. The Morgan fingerprint density at radius 1 is 1.05 bits per heavy atom. The molecule has 0 saturated carbocycles. The highest BCUT2D eigenvalue weighted by Gasteiger charge is 2.33. The molecule has 1 saturated heterocycles. The zero-order chi connectivity index (χ0) is 25.1. The highest BCUT2D eigenvalue weighted by molar-refractivity contribution is 7.08. The molecule has 0 amide bonds. The summed E-state index contributed by atoms with van der Waals surface area (Å²) in [6.45, 7) is 4.60. The number of thiophene rings is 1. The van der Waals surface area contributed by atoms with Gasteiger partial charge in [-0.3, -0.25) is 4.90 Å². The molecule has 4 aromatic rings. The first-order valence-electron chi connectivity index (χ1n) is 11.4. The molecule has 0 aromatic carbocycles. The number of alkyl halides is 3. The summed E-state index contributed by atoms with van der Waals surface area (Å²) in [5, 5.41) is 7.61. The quantitative estimate of drug-likeness (QED) is 0.350. The van der Waals surface area contributed by atoms with E-state index in [1.807, 2.05) is 16.8 Å². The molecule has 1 N–H and O–H groups in total. The molecule has 4 aromatic heterocycles. The minimum absolute atomic E-state index is 0. The summed E-state index contributed by atoms with van der Waals surface area (Å²) in [4.78, 5) is 21.7. The van der Waals surface area contributed by atoms with Crippen molar-refractivity contribution in [3.05, 3.63) is 53.1 Å². The Morgan fingerprint density at radius 2 is 1.86 bits per heavy atom. The first-order valence-corrected chi connectivity index (χ1v) is 12.3. The minimum atomic E-state index is -4.52. The van der Waals surface area contributed by atoms with E-state index >= 15 is 0 Å². The lowest BCUT2D eigenvalue weighted by molar-refractivity contribution is -0.140. The molecule has 37 heavy (non-hydrogen) atoms. The van der Waals surface area contributed by atoms with Crippen molar-refractivity contribution in [2.45, 2.75) is 6.18 Å². The maximum atomic E-state index is 13.4. The Morgan fingerprint density at radius 3 is 2.57 bits per heavy atom. The van der Waals surface area contributed by atoms with Gasteiger partial charge in [-0.2, -0.15) is 29.5 Å². The number of anilines is 2. The van der Waals surface area contributed by atoms with Gasteiger partial charge in [0.25, 0.3) is 0 Å². The number of nitrogens with one attached hydrogen (secondary N) is 1. The van der Waals surface area contributed by atoms with E-state index in [1.165, 1.54) is 17.4 Å². The smallest absolute Gasteiger partial charge is 0.433 e. The zero-order valence-electron chi connectivity index (χ0n) is 19.9. The van der Waals surface area contributed by atoms with E-state index in [0.717, 1.165) is 44.4 Å². The number of halogens is 4. The minimum Gasteiger partial charge on any atom is -0.481 e. The molecule has 0 unspecified atom stereocenters. The van der Waals surface area contributed by atoms with Crippen LogP contribution in [0.3, 0.4) is 0 Å². The van der Waals surface area contributed by atoms with Gasteiger partial charge >= 0.3 is 6.18 Å². The third-order valence-corrected chi connectivity index (χ3v) is 6.74. The van der Waals surface area contributed by atoms with E-state index in [2.05, 4.69) is 35.1 Å². The fraction of sp³-hybridized carbons (Fsp3) is 0.333. The van der Waals surface area contributed by atoms with E-state index in [-0.39, 0.29) is 17.9 Å². The lowest BCUT2D eigenvalue weighted by Gasteiger charge is -2.34. The molecule has 13 heteroatoms. The number of nitrogens with zero attached hydrogens (tertiary/aromatic N) is 6. The summed E-state index contributed by atoms with van der Waals surface area (Å²) in [6, 6.07) is 6.03. The monoisotopic (exact) mass is 551 g/mol. The van der Waals surface area contributed by atoms with Crippen LogP contribution in [0.5, 0.6) is 5.88 Å². The molecule has 0 atom stereocenters. The number of ether oxygens (including phenoxy) is 1. The topological polar surface area (TPSA) is 79.3 Å². The van der Waals surface area contributed by atoms with Crippen LogP contribution in [0.1, 0.15) is 5.69 Å². The summed E-state index contributed by atoms with van der Waals surface area (Å²) in [5.74, 6) is 1.71. The van der Waals surface area contributed by atoms with Crippen LogP contribution in [-0.4, -0.2) is 71.2 Å². The Balaban J connectivity index is 0.00000320. The largest absolute Gasteiger partial charge is 0.481 e. The Bertz CT molecular complexity index is 1330. The van der Waals surface area contributed by atoms with Crippen molar-refractivity contribution in [3.63, 3.8) is 0 Å². The van der Waals surface area contributed by atoms with Crippen molar-refractivity contribution in [2.24, 2.45) is 0 Å². The average Bonchev–Trinajstić information content (AvgIpc) is 3.43. The van der Waals surface area contributed by atoms with E-state index in [0.29, 0.717) is 35.1 Å². The van der Waals surface area contributed by atoms with Crippen LogP contribution in [0.2, 0.25) is 0 Å². The number of piperazine rings is 1. The number of aromatic nitrogens is 4. The van der Waals surface area contributed by atoms with Crippen LogP contribution in [0, 0.1) is 0 Å². The molecule has 0 radical (unpaired) electrons. The van der Waals surface area contributed by atoms with Crippen molar-refractivity contribution < 1.29 is 17.9 Å². The van der Waals surface area contributed by atoms with Crippen molar-refractivity contribution in [1.82, 2.24) is 24.8 Å². The standard InChI is InChI=1S/C24H24F3N7OS.ClH/c1-35-20-4-6-29-23(32-20)34-11-9-33(10-12-34)8-7-28-22-17-2-3-19(24(25,26)27)31-21(17)18(14-30-22)16-5-13-36-15-16;/h2-6,13-15H,7-12H2,1H3,(H,28,30);1H. The van der Waals surface area contributed by atoms with Gasteiger partial charge in [-0.25, -0.2) is 15.0 Å². The zero-order valence-corrected chi connectivity index (χ0v) is 21.5. The molecule has 5 heterocycles. The normalized spacial score (nSPS) is 14.4. The molecule has 8 nitrogen and oxygen atoms in total. The third-order valence-electron chi connectivity index (χ3n) is 6.05. The van der Waals surface area contributed by atoms with Gasteiger partial charge in [0.2, 0.25) is 11.8 Å². The molecule has 1 aliphatic heterocycles. The number of fused-ring (bicyclic) bond motifs is 1. The highest BCUT2D eigenvalue weighted by Crippen LogP contribution is 2.35. The van der Waals surface area contributed by atoms with Gasteiger partial charge in [0.05, 0.1) is 12.6 Å². The lowest BCUT2D eigenvalue weighted by atomic mass is 10.1. The number of methoxy groups -OCH3 is 1. The SMILES string of the molecule is COc1ccnc(N2CCN(CCNc3ncc(-c4ccsc4)c4nc(C(F)(F)F)ccc34)CC2)n1.Cl. The number of hydrogen-bond acceptors (Lipinski definition) is 9. The molecular weight excluding hydrogens is 527 g/mol. The second-order valence-electron chi connectivity index (χ2n) is 8.28. The average molecular weight is 552 g/mol. The predicted octanol–water partition coefficient (Wildman–Crippen LogP) is 4.83. The van der Waals surface area contributed by atoms with Crippen molar-refractivity contribution in [1.29, 1.82) is 0 Å². The van der Waals surface area contributed by atoms with Gasteiger partial charge in [-0.05, 0) is 34.5 Å².